The fourth-order valence-electron chi connectivity index (χ4n) is 2.58. The number of hydrogen-bond donors (Lipinski definition) is 1. The van der Waals surface area contributed by atoms with Crippen LogP contribution in [0.25, 0.3) is 0 Å². The summed E-state index contributed by atoms with van der Waals surface area (Å²) >= 11 is 0. The molecule has 0 unspecified atom stereocenters. The molecule has 0 saturated carbocycles. The number of amides is 1. The van der Waals surface area contributed by atoms with Crippen LogP contribution in [0.3, 0.4) is 0 Å². The molecule has 0 saturated heterocycles. The Morgan fingerprint density at radius 1 is 1.25 bits per heavy atom. The summed E-state index contributed by atoms with van der Waals surface area (Å²) in [5, 5.41) is 2.92. The number of carbonyl (C=O) groups excluding carboxylic acids is 1. The van der Waals surface area contributed by atoms with Gasteiger partial charge < -0.3 is 14.6 Å². The van der Waals surface area contributed by atoms with Crippen molar-refractivity contribution < 1.29 is 9.53 Å². The molecule has 24 heavy (non-hydrogen) atoms. The van der Waals surface area contributed by atoms with E-state index in [9.17, 15) is 9.59 Å². The van der Waals surface area contributed by atoms with Gasteiger partial charge in [0.15, 0.2) is 5.75 Å². The van der Waals surface area contributed by atoms with Gasteiger partial charge in [0.05, 0.1) is 13.2 Å². The monoisotopic (exact) mass is 328 g/mol. The number of carbonyl (C=O) groups is 1. The maximum absolute atomic E-state index is 12.2. The molecule has 1 heterocycles. The summed E-state index contributed by atoms with van der Waals surface area (Å²) in [6.07, 6.45) is 3.75. The number of rotatable bonds is 7. The minimum absolute atomic E-state index is 0.0334. The molecule has 0 aliphatic heterocycles. The van der Waals surface area contributed by atoms with Gasteiger partial charge in [-0.05, 0) is 36.6 Å². The van der Waals surface area contributed by atoms with Crippen molar-refractivity contribution in [3.8, 4) is 5.75 Å². The zero-order valence-corrected chi connectivity index (χ0v) is 14.4. The van der Waals surface area contributed by atoms with Crippen molar-refractivity contribution in [2.45, 2.75) is 39.3 Å². The first-order chi connectivity index (χ1) is 11.5. The minimum atomic E-state index is -0.313. The number of nitrogens with one attached hydrogen (secondary N) is 1. The summed E-state index contributed by atoms with van der Waals surface area (Å²) in [5.41, 5.74) is 2.02. The van der Waals surface area contributed by atoms with Crippen LogP contribution in [0.4, 0.5) is 0 Å². The molecule has 1 aromatic carbocycles. The summed E-state index contributed by atoms with van der Waals surface area (Å²) in [4.78, 5) is 24.3. The van der Waals surface area contributed by atoms with Gasteiger partial charge in [-0.15, -0.1) is 0 Å². The molecular formula is C19H24N2O3. The normalized spacial score (nSPS) is 11.8. The molecule has 1 amide bonds. The maximum atomic E-state index is 12.2. The highest BCUT2D eigenvalue weighted by Crippen LogP contribution is 2.14. The molecule has 0 fully saturated rings. The lowest BCUT2D eigenvalue weighted by Crippen LogP contribution is -2.33. The number of nitrogens with zero attached hydrogens (tertiary/aromatic N) is 1. The van der Waals surface area contributed by atoms with Crippen molar-refractivity contribution in [3.05, 3.63) is 64.1 Å². The zero-order chi connectivity index (χ0) is 17.5. The number of methoxy groups -OCH3 is 1. The van der Waals surface area contributed by atoms with E-state index >= 15 is 0 Å². The van der Waals surface area contributed by atoms with E-state index in [1.165, 1.54) is 17.2 Å². The highest BCUT2D eigenvalue weighted by atomic mass is 16.5. The Morgan fingerprint density at radius 3 is 2.58 bits per heavy atom. The van der Waals surface area contributed by atoms with Gasteiger partial charge in [0.1, 0.15) is 6.54 Å². The Balaban J connectivity index is 2.00. The Morgan fingerprint density at radius 2 is 1.96 bits per heavy atom. The topological polar surface area (TPSA) is 60.3 Å². The van der Waals surface area contributed by atoms with Crippen molar-refractivity contribution >= 4 is 5.91 Å². The van der Waals surface area contributed by atoms with Gasteiger partial charge in [-0.2, -0.15) is 0 Å². The van der Waals surface area contributed by atoms with Gasteiger partial charge >= 0.3 is 0 Å². The fourth-order valence-corrected chi connectivity index (χ4v) is 2.58. The van der Waals surface area contributed by atoms with E-state index in [4.69, 9.17) is 4.74 Å². The number of ether oxygens (including phenoxy) is 1. The first kappa shape index (κ1) is 17.8. The number of aryl methyl sites for hydroxylation is 1. The maximum Gasteiger partial charge on any atom is 0.293 e. The second-order valence-electron chi connectivity index (χ2n) is 5.79. The van der Waals surface area contributed by atoms with Gasteiger partial charge in [-0.25, -0.2) is 0 Å². The lowest BCUT2D eigenvalue weighted by atomic mass is 10.0. The molecule has 2 aromatic rings. The van der Waals surface area contributed by atoms with Gasteiger partial charge in [0, 0.05) is 6.20 Å². The Kier molecular flexibility index (Phi) is 6.18. The van der Waals surface area contributed by atoms with Crippen molar-refractivity contribution in [1.29, 1.82) is 0 Å². The molecule has 128 valence electrons. The Hall–Kier alpha value is -2.56. The van der Waals surface area contributed by atoms with Crippen molar-refractivity contribution in [3.63, 3.8) is 0 Å². The number of hydrogen-bond acceptors (Lipinski definition) is 3. The summed E-state index contributed by atoms with van der Waals surface area (Å²) in [6.45, 7) is 4.05. The highest BCUT2D eigenvalue weighted by Gasteiger charge is 2.12. The molecule has 1 N–H and O–H groups in total. The van der Waals surface area contributed by atoms with Crippen LogP contribution in [0, 0.1) is 0 Å². The third-order valence-electron chi connectivity index (χ3n) is 3.92. The van der Waals surface area contributed by atoms with Crippen LogP contribution in [0.1, 0.15) is 37.4 Å². The van der Waals surface area contributed by atoms with Gasteiger partial charge in [-0.3, -0.25) is 9.59 Å². The Bertz CT molecular complexity index is 735. The van der Waals surface area contributed by atoms with E-state index in [0.29, 0.717) is 0 Å². The third kappa shape index (κ3) is 4.47. The predicted octanol–water partition coefficient (Wildman–Crippen LogP) is 2.69. The van der Waals surface area contributed by atoms with Crippen molar-refractivity contribution in [1.82, 2.24) is 9.88 Å². The smallest absolute Gasteiger partial charge is 0.293 e. The van der Waals surface area contributed by atoms with Crippen LogP contribution < -0.4 is 15.6 Å². The van der Waals surface area contributed by atoms with E-state index in [-0.39, 0.29) is 29.8 Å². The third-order valence-corrected chi connectivity index (χ3v) is 3.92. The lowest BCUT2D eigenvalue weighted by Gasteiger charge is -2.15. The highest BCUT2D eigenvalue weighted by molar-refractivity contribution is 5.76. The van der Waals surface area contributed by atoms with Crippen molar-refractivity contribution in [2.75, 3.05) is 7.11 Å². The largest absolute Gasteiger partial charge is 0.491 e. The van der Waals surface area contributed by atoms with Gasteiger partial charge in [0.2, 0.25) is 5.91 Å². The van der Waals surface area contributed by atoms with E-state index < -0.39 is 0 Å². The molecule has 0 aliphatic carbocycles. The fraction of sp³-hybridized carbons (Fsp3) is 0.368. The van der Waals surface area contributed by atoms with E-state index in [1.807, 2.05) is 19.1 Å². The molecule has 2 rings (SSSR count). The second-order valence-corrected chi connectivity index (χ2v) is 5.79. The van der Waals surface area contributed by atoms with Crippen LogP contribution >= 0.6 is 0 Å². The van der Waals surface area contributed by atoms with Crippen LogP contribution in [-0.2, 0) is 17.8 Å². The molecule has 5 nitrogen and oxygen atoms in total. The first-order valence-electron chi connectivity index (χ1n) is 8.16. The minimum Gasteiger partial charge on any atom is -0.491 e. The lowest BCUT2D eigenvalue weighted by molar-refractivity contribution is -0.122. The zero-order valence-electron chi connectivity index (χ0n) is 14.4. The summed E-state index contributed by atoms with van der Waals surface area (Å²) < 4.78 is 6.32. The quantitative estimate of drug-likeness (QED) is 0.850. The van der Waals surface area contributed by atoms with E-state index in [1.54, 1.807) is 18.3 Å². The number of benzene rings is 1. The molecule has 0 aliphatic rings. The van der Waals surface area contributed by atoms with Gasteiger partial charge in [0.25, 0.3) is 5.56 Å². The Labute approximate surface area is 142 Å². The van der Waals surface area contributed by atoms with E-state index in [2.05, 4.69) is 24.4 Å². The average Bonchev–Trinajstić information content (AvgIpc) is 2.57. The predicted molar refractivity (Wildman–Crippen MR) is 94.2 cm³/mol. The molecule has 5 heteroatoms. The standard InChI is InChI=1S/C19H24N2O3/c1-4-6-15-8-10-16(11-9-15)14(2)20-18(22)13-21-12-5-7-17(24-3)19(21)23/h5,7-12,14H,4,6,13H2,1-3H3,(H,20,22)/t14-/m0/s1. The molecule has 1 atom stereocenters. The summed E-state index contributed by atoms with van der Waals surface area (Å²) in [6, 6.07) is 11.4. The first-order valence-corrected chi connectivity index (χ1v) is 8.16. The average molecular weight is 328 g/mol. The molecule has 0 spiro atoms. The molecule has 0 bridgehead atoms. The van der Waals surface area contributed by atoms with Crippen molar-refractivity contribution in [2.24, 2.45) is 0 Å². The van der Waals surface area contributed by atoms with Gasteiger partial charge in [-0.1, -0.05) is 37.6 Å². The molecule has 0 radical (unpaired) electrons. The van der Waals surface area contributed by atoms with Crippen LogP contribution in [0.2, 0.25) is 0 Å². The molecular weight excluding hydrogens is 304 g/mol. The number of aromatic nitrogens is 1. The van der Waals surface area contributed by atoms with Crippen LogP contribution in [0.15, 0.2) is 47.4 Å². The van der Waals surface area contributed by atoms with Crippen LogP contribution in [-0.4, -0.2) is 17.6 Å². The second kappa shape index (κ2) is 8.34. The van der Waals surface area contributed by atoms with Crippen LogP contribution in [0.5, 0.6) is 5.75 Å². The number of pyridine rings is 1. The SMILES string of the molecule is CCCc1ccc([C@H](C)NC(=O)Cn2cccc(OC)c2=O)cc1. The van der Waals surface area contributed by atoms with E-state index in [0.717, 1.165) is 18.4 Å². The summed E-state index contributed by atoms with van der Waals surface area (Å²) in [5.74, 6) is 0.0142. The summed E-state index contributed by atoms with van der Waals surface area (Å²) in [7, 11) is 1.44. The molecule has 1 aromatic heterocycles.